The van der Waals surface area contributed by atoms with Crippen molar-refractivity contribution in [1.82, 2.24) is 9.78 Å². The molecule has 0 saturated heterocycles. The number of allylic oxidation sites excluding steroid dienone is 1. The number of nitrogens with one attached hydrogen (secondary N) is 1. The zero-order valence-electron chi connectivity index (χ0n) is 17.8. The third kappa shape index (κ3) is 6.05. The lowest BCUT2D eigenvalue weighted by Gasteiger charge is -2.12. The topological polar surface area (TPSA) is 82.4 Å². The molecule has 0 atom stereocenters. The number of amides is 1. The van der Waals surface area contributed by atoms with E-state index in [1.807, 2.05) is 32.0 Å². The van der Waals surface area contributed by atoms with Crippen molar-refractivity contribution in [2.24, 2.45) is 7.05 Å². The zero-order chi connectivity index (χ0) is 22.2. The van der Waals surface area contributed by atoms with Crippen LogP contribution in [-0.2, 0) is 11.8 Å². The molecule has 1 heterocycles. The fraction of sp³-hybridized carbons (Fsp3) is 0.208. The van der Waals surface area contributed by atoms with Crippen molar-refractivity contribution in [3.05, 3.63) is 77.6 Å². The number of rotatable bonds is 9. The van der Waals surface area contributed by atoms with Gasteiger partial charge in [0.1, 0.15) is 5.69 Å². The summed E-state index contributed by atoms with van der Waals surface area (Å²) in [5, 5.41) is 6.96. The van der Waals surface area contributed by atoms with Crippen molar-refractivity contribution in [2.75, 3.05) is 18.5 Å². The van der Waals surface area contributed by atoms with Gasteiger partial charge in [-0.3, -0.25) is 14.3 Å². The van der Waals surface area contributed by atoms with E-state index in [2.05, 4.69) is 10.4 Å². The quantitative estimate of drug-likeness (QED) is 0.418. The molecule has 0 spiro atoms. The Hall–Kier alpha value is -3.87. The Labute approximate surface area is 181 Å². The highest BCUT2D eigenvalue weighted by atomic mass is 16.5. The van der Waals surface area contributed by atoms with E-state index < -0.39 is 0 Å². The fourth-order valence-corrected chi connectivity index (χ4v) is 2.98. The van der Waals surface area contributed by atoms with Crippen LogP contribution in [0.3, 0.4) is 0 Å². The minimum atomic E-state index is -0.269. The normalized spacial score (nSPS) is 10.8. The summed E-state index contributed by atoms with van der Waals surface area (Å²) in [6.45, 7) is 3.99. The van der Waals surface area contributed by atoms with E-state index in [-0.39, 0.29) is 18.3 Å². The van der Waals surface area contributed by atoms with Crippen LogP contribution in [0.5, 0.6) is 11.5 Å². The molecular weight excluding hydrogens is 394 g/mol. The molecule has 1 N–H and O–H groups in total. The lowest BCUT2D eigenvalue weighted by Crippen LogP contribution is -2.20. The van der Waals surface area contributed by atoms with Crippen molar-refractivity contribution < 1.29 is 19.1 Å². The third-order valence-corrected chi connectivity index (χ3v) is 4.37. The molecule has 0 unspecified atom stereocenters. The van der Waals surface area contributed by atoms with Crippen LogP contribution in [0.25, 0.3) is 6.08 Å². The maximum atomic E-state index is 12.4. The largest absolute Gasteiger partial charge is 0.490 e. The SMILES string of the molecule is CCOc1cc(/C=C/C(=O)c2cc(C)nn2C)ccc1OCC(=O)Nc1ccccc1. The number of aryl methyl sites for hydroxylation is 2. The van der Waals surface area contributed by atoms with E-state index >= 15 is 0 Å². The van der Waals surface area contributed by atoms with Crippen LogP contribution in [0.1, 0.15) is 28.7 Å². The summed E-state index contributed by atoms with van der Waals surface area (Å²) in [5.74, 6) is 0.547. The number of para-hydroxylation sites is 1. The molecule has 1 aromatic heterocycles. The number of benzene rings is 2. The minimum Gasteiger partial charge on any atom is -0.490 e. The maximum absolute atomic E-state index is 12.4. The van der Waals surface area contributed by atoms with E-state index in [0.29, 0.717) is 29.5 Å². The van der Waals surface area contributed by atoms with E-state index in [9.17, 15) is 9.59 Å². The molecule has 7 heteroatoms. The maximum Gasteiger partial charge on any atom is 0.262 e. The van der Waals surface area contributed by atoms with Crippen LogP contribution in [-0.4, -0.2) is 34.7 Å². The molecule has 7 nitrogen and oxygen atoms in total. The number of ketones is 1. The summed E-state index contributed by atoms with van der Waals surface area (Å²) >= 11 is 0. The summed E-state index contributed by atoms with van der Waals surface area (Å²) in [5.41, 5.74) is 2.78. The van der Waals surface area contributed by atoms with Gasteiger partial charge in [-0.25, -0.2) is 0 Å². The van der Waals surface area contributed by atoms with Gasteiger partial charge in [-0.05, 0) is 55.8 Å². The Morgan fingerprint density at radius 1 is 1.06 bits per heavy atom. The molecule has 0 radical (unpaired) electrons. The summed E-state index contributed by atoms with van der Waals surface area (Å²) in [7, 11) is 1.74. The van der Waals surface area contributed by atoms with Crippen molar-refractivity contribution >= 4 is 23.5 Å². The van der Waals surface area contributed by atoms with Crippen LogP contribution >= 0.6 is 0 Å². The third-order valence-electron chi connectivity index (χ3n) is 4.37. The van der Waals surface area contributed by atoms with Gasteiger partial charge < -0.3 is 14.8 Å². The van der Waals surface area contributed by atoms with Crippen molar-refractivity contribution in [3.63, 3.8) is 0 Å². The van der Waals surface area contributed by atoms with Gasteiger partial charge in [0.2, 0.25) is 5.78 Å². The second-order valence-electron chi connectivity index (χ2n) is 6.83. The van der Waals surface area contributed by atoms with Gasteiger partial charge in [0, 0.05) is 12.7 Å². The standard InChI is InChI=1S/C24H25N3O4/c1-4-30-23-15-18(10-12-21(28)20-14-17(2)26-27(20)3)11-13-22(23)31-16-24(29)25-19-8-6-5-7-9-19/h5-15H,4,16H2,1-3H3,(H,25,29)/b12-10+. The van der Waals surface area contributed by atoms with E-state index in [0.717, 1.165) is 11.3 Å². The molecule has 0 aliphatic carbocycles. The van der Waals surface area contributed by atoms with Crippen LogP contribution < -0.4 is 14.8 Å². The highest BCUT2D eigenvalue weighted by Crippen LogP contribution is 2.29. The van der Waals surface area contributed by atoms with Gasteiger partial charge in [-0.2, -0.15) is 5.10 Å². The number of nitrogens with zero attached hydrogens (tertiary/aromatic N) is 2. The van der Waals surface area contributed by atoms with Crippen LogP contribution in [0.2, 0.25) is 0 Å². The summed E-state index contributed by atoms with van der Waals surface area (Å²) in [6.07, 6.45) is 3.20. The average Bonchev–Trinajstić information content (AvgIpc) is 3.10. The molecule has 160 valence electrons. The zero-order valence-corrected chi connectivity index (χ0v) is 17.8. The Kier molecular flexibility index (Phi) is 7.22. The highest BCUT2D eigenvalue weighted by molar-refractivity contribution is 6.05. The molecule has 0 aliphatic rings. The minimum absolute atomic E-state index is 0.140. The van der Waals surface area contributed by atoms with Crippen LogP contribution in [0, 0.1) is 6.92 Å². The smallest absolute Gasteiger partial charge is 0.262 e. The number of anilines is 1. The Morgan fingerprint density at radius 3 is 2.52 bits per heavy atom. The molecule has 0 fully saturated rings. The van der Waals surface area contributed by atoms with Gasteiger partial charge in [-0.1, -0.05) is 30.3 Å². The molecule has 3 aromatic rings. The molecular formula is C24H25N3O4. The fourth-order valence-electron chi connectivity index (χ4n) is 2.98. The second-order valence-corrected chi connectivity index (χ2v) is 6.83. The second kappa shape index (κ2) is 10.2. The Balaban J connectivity index is 1.66. The van der Waals surface area contributed by atoms with Crippen molar-refractivity contribution in [1.29, 1.82) is 0 Å². The first kappa shape index (κ1) is 21.8. The van der Waals surface area contributed by atoms with Crippen molar-refractivity contribution in [2.45, 2.75) is 13.8 Å². The molecule has 0 bridgehead atoms. The summed E-state index contributed by atoms with van der Waals surface area (Å²) < 4.78 is 12.9. The first-order chi connectivity index (χ1) is 15.0. The molecule has 3 rings (SSSR count). The monoisotopic (exact) mass is 419 g/mol. The predicted molar refractivity (Wildman–Crippen MR) is 119 cm³/mol. The van der Waals surface area contributed by atoms with E-state index in [1.165, 1.54) is 6.08 Å². The first-order valence-corrected chi connectivity index (χ1v) is 9.94. The van der Waals surface area contributed by atoms with E-state index in [4.69, 9.17) is 9.47 Å². The van der Waals surface area contributed by atoms with Crippen LogP contribution in [0.15, 0.2) is 60.7 Å². The number of carbonyl (C=O) groups excluding carboxylic acids is 2. The lowest BCUT2D eigenvalue weighted by molar-refractivity contribution is -0.118. The molecule has 0 saturated carbocycles. The number of ether oxygens (including phenoxy) is 2. The predicted octanol–water partition coefficient (Wildman–Crippen LogP) is 4.04. The van der Waals surface area contributed by atoms with Crippen molar-refractivity contribution in [3.8, 4) is 11.5 Å². The number of carbonyl (C=O) groups is 2. The molecule has 2 aromatic carbocycles. The van der Waals surface area contributed by atoms with Gasteiger partial charge in [0.05, 0.1) is 12.3 Å². The van der Waals surface area contributed by atoms with Crippen LogP contribution in [0.4, 0.5) is 5.69 Å². The average molecular weight is 419 g/mol. The Morgan fingerprint density at radius 2 is 1.84 bits per heavy atom. The molecule has 0 aliphatic heterocycles. The number of hydrogen-bond acceptors (Lipinski definition) is 5. The van der Waals surface area contributed by atoms with Gasteiger partial charge in [-0.15, -0.1) is 0 Å². The molecule has 31 heavy (non-hydrogen) atoms. The first-order valence-electron chi connectivity index (χ1n) is 9.94. The lowest BCUT2D eigenvalue weighted by atomic mass is 10.1. The van der Waals surface area contributed by atoms with Gasteiger partial charge >= 0.3 is 0 Å². The Bertz CT molecular complexity index is 1090. The number of hydrogen-bond donors (Lipinski definition) is 1. The van der Waals surface area contributed by atoms with Gasteiger partial charge in [0.15, 0.2) is 18.1 Å². The molecule has 1 amide bonds. The highest BCUT2D eigenvalue weighted by Gasteiger charge is 2.11. The summed E-state index contributed by atoms with van der Waals surface area (Å²) in [4.78, 5) is 24.5. The van der Waals surface area contributed by atoms with Gasteiger partial charge in [0.25, 0.3) is 5.91 Å². The number of aromatic nitrogens is 2. The summed E-state index contributed by atoms with van der Waals surface area (Å²) in [6, 6.07) is 16.2. The van der Waals surface area contributed by atoms with E-state index in [1.54, 1.807) is 54.2 Å².